The molecule has 0 spiro atoms. The number of pyridine rings is 1. The second-order valence-electron chi connectivity index (χ2n) is 4.65. The molecule has 1 saturated carbocycles. The summed E-state index contributed by atoms with van der Waals surface area (Å²) in [7, 11) is 0. The Hall–Kier alpha value is -2.24. The lowest BCUT2D eigenvalue weighted by Gasteiger charge is -2.01. The first-order valence-electron chi connectivity index (χ1n) is 6.43. The SMILES string of the molecule is O=C(NCCc1ccccn1)c1n[nH]c(C2CC2)n1. The molecule has 0 radical (unpaired) electrons. The predicted molar refractivity (Wildman–Crippen MR) is 68.6 cm³/mol. The molecule has 2 aromatic heterocycles. The van der Waals surface area contributed by atoms with E-state index in [1.807, 2.05) is 18.2 Å². The third-order valence-corrected chi connectivity index (χ3v) is 3.06. The van der Waals surface area contributed by atoms with Crippen molar-refractivity contribution in [2.24, 2.45) is 0 Å². The number of rotatable bonds is 5. The first kappa shape index (κ1) is 11.8. The molecule has 0 bridgehead atoms. The third-order valence-electron chi connectivity index (χ3n) is 3.06. The Kier molecular flexibility index (Phi) is 3.22. The minimum absolute atomic E-state index is 0.225. The Morgan fingerprint density at radius 2 is 2.32 bits per heavy atom. The molecular weight excluding hydrogens is 242 g/mol. The van der Waals surface area contributed by atoms with Crippen LogP contribution in [0.4, 0.5) is 0 Å². The van der Waals surface area contributed by atoms with Crippen LogP contribution in [-0.2, 0) is 6.42 Å². The highest BCUT2D eigenvalue weighted by molar-refractivity contribution is 5.90. The second kappa shape index (κ2) is 5.17. The molecule has 2 heterocycles. The van der Waals surface area contributed by atoms with Crippen molar-refractivity contribution < 1.29 is 4.79 Å². The molecule has 19 heavy (non-hydrogen) atoms. The number of aromatic nitrogens is 4. The molecule has 0 atom stereocenters. The quantitative estimate of drug-likeness (QED) is 0.838. The minimum atomic E-state index is -0.237. The Bertz CT molecular complexity index is 561. The van der Waals surface area contributed by atoms with Gasteiger partial charge in [0.05, 0.1) is 0 Å². The lowest BCUT2D eigenvalue weighted by atomic mass is 10.3. The zero-order chi connectivity index (χ0) is 13.1. The normalized spacial score (nSPS) is 14.3. The van der Waals surface area contributed by atoms with E-state index in [1.165, 1.54) is 0 Å². The average molecular weight is 257 g/mol. The zero-order valence-corrected chi connectivity index (χ0v) is 10.5. The number of carbonyl (C=O) groups excluding carboxylic acids is 1. The molecule has 1 fully saturated rings. The summed E-state index contributed by atoms with van der Waals surface area (Å²) in [6.45, 7) is 0.531. The summed E-state index contributed by atoms with van der Waals surface area (Å²) in [5, 5.41) is 9.56. The first-order chi connectivity index (χ1) is 9.33. The van der Waals surface area contributed by atoms with E-state index >= 15 is 0 Å². The van der Waals surface area contributed by atoms with Crippen LogP contribution in [0.2, 0.25) is 0 Å². The van der Waals surface area contributed by atoms with E-state index in [-0.39, 0.29) is 11.7 Å². The van der Waals surface area contributed by atoms with Crippen molar-refractivity contribution in [2.45, 2.75) is 25.2 Å². The number of carbonyl (C=O) groups is 1. The summed E-state index contributed by atoms with van der Waals surface area (Å²) in [6.07, 6.45) is 4.71. The van der Waals surface area contributed by atoms with Crippen LogP contribution in [0.1, 0.15) is 40.9 Å². The van der Waals surface area contributed by atoms with Crippen LogP contribution in [-0.4, -0.2) is 32.6 Å². The van der Waals surface area contributed by atoms with Crippen molar-refractivity contribution in [3.63, 3.8) is 0 Å². The highest BCUT2D eigenvalue weighted by atomic mass is 16.2. The van der Waals surface area contributed by atoms with Crippen LogP contribution in [0.3, 0.4) is 0 Å². The maximum Gasteiger partial charge on any atom is 0.290 e. The maximum atomic E-state index is 11.8. The lowest BCUT2D eigenvalue weighted by molar-refractivity contribution is 0.0944. The summed E-state index contributed by atoms with van der Waals surface area (Å²) in [6, 6.07) is 5.74. The lowest BCUT2D eigenvalue weighted by Crippen LogP contribution is -2.27. The molecule has 0 aliphatic heterocycles. The van der Waals surface area contributed by atoms with Crippen molar-refractivity contribution in [1.29, 1.82) is 0 Å². The van der Waals surface area contributed by atoms with Gasteiger partial charge in [-0.25, -0.2) is 4.98 Å². The largest absolute Gasteiger partial charge is 0.349 e. The van der Waals surface area contributed by atoms with E-state index in [2.05, 4.69) is 25.5 Å². The highest BCUT2D eigenvalue weighted by Crippen LogP contribution is 2.37. The van der Waals surface area contributed by atoms with Gasteiger partial charge in [-0.2, -0.15) is 0 Å². The van der Waals surface area contributed by atoms with Crippen molar-refractivity contribution in [2.75, 3.05) is 6.54 Å². The van der Waals surface area contributed by atoms with Crippen LogP contribution in [0.25, 0.3) is 0 Å². The second-order valence-corrected chi connectivity index (χ2v) is 4.65. The fraction of sp³-hybridized carbons (Fsp3) is 0.385. The van der Waals surface area contributed by atoms with Crippen molar-refractivity contribution in [1.82, 2.24) is 25.5 Å². The van der Waals surface area contributed by atoms with Crippen molar-refractivity contribution in [3.05, 3.63) is 41.7 Å². The topological polar surface area (TPSA) is 83.6 Å². The van der Waals surface area contributed by atoms with Gasteiger partial charge >= 0.3 is 0 Å². The zero-order valence-electron chi connectivity index (χ0n) is 10.5. The molecule has 3 rings (SSSR count). The monoisotopic (exact) mass is 257 g/mol. The number of hydrogen-bond donors (Lipinski definition) is 2. The molecule has 1 amide bonds. The van der Waals surface area contributed by atoms with E-state index in [4.69, 9.17) is 0 Å². The maximum absolute atomic E-state index is 11.8. The molecule has 6 nitrogen and oxygen atoms in total. The summed E-state index contributed by atoms with van der Waals surface area (Å²) in [5.74, 6) is 1.29. The molecule has 98 valence electrons. The number of H-pyrrole nitrogens is 1. The van der Waals surface area contributed by atoms with Gasteiger partial charge in [-0.05, 0) is 25.0 Å². The standard InChI is InChI=1S/C13H15N5O/c19-13(12-16-11(17-18-12)9-4-5-9)15-8-6-10-3-1-2-7-14-10/h1-3,7,9H,4-6,8H2,(H,15,19)(H,16,17,18). The molecule has 2 aromatic rings. The van der Waals surface area contributed by atoms with Crippen molar-refractivity contribution >= 4 is 5.91 Å². The van der Waals surface area contributed by atoms with E-state index < -0.39 is 0 Å². The van der Waals surface area contributed by atoms with Gasteiger partial charge in [0.2, 0.25) is 5.82 Å². The minimum Gasteiger partial charge on any atom is -0.349 e. The fourth-order valence-electron chi connectivity index (χ4n) is 1.84. The van der Waals surface area contributed by atoms with Crippen molar-refractivity contribution in [3.8, 4) is 0 Å². The Labute approximate surface area is 110 Å². The van der Waals surface area contributed by atoms with Gasteiger partial charge in [0.1, 0.15) is 5.82 Å². The predicted octanol–water partition coefficient (Wildman–Crippen LogP) is 1.05. The average Bonchev–Trinajstić information content (AvgIpc) is 3.17. The van der Waals surface area contributed by atoms with Gasteiger partial charge in [0, 0.05) is 30.8 Å². The van der Waals surface area contributed by atoms with Gasteiger partial charge in [0.25, 0.3) is 5.91 Å². The number of aromatic amines is 1. The van der Waals surface area contributed by atoms with Crippen LogP contribution >= 0.6 is 0 Å². The van der Waals surface area contributed by atoms with Crippen LogP contribution in [0.15, 0.2) is 24.4 Å². The Morgan fingerprint density at radius 3 is 3.05 bits per heavy atom. The molecule has 1 aliphatic rings. The van der Waals surface area contributed by atoms with Gasteiger partial charge in [-0.15, -0.1) is 5.10 Å². The van der Waals surface area contributed by atoms with E-state index in [1.54, 1.807) is 6.20 Å². The molecular formula is C13H15N5O. The summed E-state index contributed by atoms with van der Waals surface area (Å²) < 4.78 is 0. The third kappa shape index (κ3) is 2.96. The van der Waals surface area contributed by atoms with Gasteiger partial charge in [0.15, 0.2) is 0 Å². The van der Waals surface area contributed by atoms with Gasteiger partial charge < -0.3 is 5.32 Å². The van der Waals surface area contributed by atoms with Gasteiger partial charge in [-0.3, -0.25) is 14.9 Å². The van der Waals surface area contributed by atoms with Gasteiger partial charge in [-0.1, -0.05) is 6.07 Å². The number of amides is 1. The summed E-state index contributed by atoms with van der Waals surface area (Å²) >= 11 is 0. The molecule has 6 heteroatoms. The molecule has 0 unspecified atom stereocenters. The van der Waals surface area contributed by atoms with E-state index in [9.17, 15) is 4.79 Å². The number of nitrogens with one attached hydrogen (secondary N) is 2. The van der Waals surface area contributed by atoms with E-state index in [0.29, 0.717) is 18.9 Å². The molecule has 2 N–H and O–H groups in total. The molecule has 0 aromatic carbocycles. The Morgan fingerprint density at radius 1 is 1.42 bits per heavy atom. The summed E-state index contributed by atoms with van der Waals surface area (Å²) in [4.78, 5) is 20.2. The number of hydrogen-bond acceptors (Lipinski definition) is 4. The van der Waals surface area contributed by atoms with Crippen LogP contribution < -0.4 is 5.32 Å². The van der Waals surface area contributed by atoms with Crippen LogP contribution in [0.5, 0.6) is 0 Å². The molecule has 0 saturated heterocycles. The fourth-order valence-corrected chi connectivity index (χ4v) is 1.84. The van der Waals surface area contributed by atoms with E-state index in [0.717, 1.165) is 24.4 Å². The van der Waals surface area contributed by atoms with Crippen LogP contribution in [0, 0.1) is 0 Å². The first-order valence-corrected chi connectivity index (χ1v) is 6.43. The smallest absolute Gasteiger partial charge is 0.290 e. The summed E-state index contributed by atoms with van der Waals surface area (Å²) in [5.41, 5.74) is 0.955. The Balaban J connectivity index is 1.50. The molecule has 1 aliphatic carbocycles. The number of nitrogens with zero attached hydrogens (tertiary/aromatic N) is 3. The highest BCUT2D eigenvalue weighted by Gasteiger charge is 2.28.